The van der Waals surface area contributed by atoms with Crippen molar-refractivity contribution in [1.29, 1.82) is 0 Å². The first-order valence-electron chi connectivity index (χ1n) is 5.35. The van der Waals surface area contributed by atoms with Gasteiger partial charge < -0.3 is 5.73 Å². The van der Waals surface area contributed by atoms with Crippen LogP contribution in [-0.2, 0) is 10.0 Å². The molecule has 0 radical (unpaired) electrons. The predicted molar refractivity (Wildman–Crippen MR) is 81.2 cm³/mol. The smallest absolute Gasteiger partial charge is 0.299 e. The van der Waals surface area contributed by atoms with Gasteiger partial charge in [-0.25, -0.2) is 4.98 Å². The molecule has 0 fully saturated rings. The largest absolute Gasteiger partial charge is 0.384 e. The van der Waals surface area contributed by atoms with E-state index in [4.69, 9.17) is 17.3 Å². The van der Waals surface area contributed by atoms with E-state index in [1.165, 1.54) is 13.1 Å². The number of benzene rings is 1. The van der Waals surface area contributed by atoms with E-state index in [1.54, 1.807) is 24.3 Å². The van der Waals surface area contributed by atoms with Crippen molar-refractivity contribution >= 4 is 49.1 Å². The van der Waals surface area contributed by atoms with E-state index in [2.05, 4.69) is 25.9 Å². The number of sulfonamides is 1. The number of nitrogens with zero attached hydrogens (tertiary/aromatic N) is 3. The van der Waals surface area contributed by atoms with Crippen molar-refractivity contribution in [2.75, 3.05) is 17.1 Å². The number of anilines is 2. The molecular weight excluding hydrogens is 368 g/mol. The highest BCUT2D eigenvalue weighted by molar-refractivity contribution is 9.10. The van der Waals surface area contributed by atoms with Crippen LogP contribution in [0.15, 0.2) is 40.0 Å². The fourth-order valence-electron chi connectivity index (χ4n) is 1.46. The van der Waals surface area contributed by atoms with Crippen LogP contribution < -0.4 is 10.0 Å². The molecule has 6 nitrogen and oxygen atoms in total. The Labute approximate surface area is 129 Å². The van der Waals surface area contributed by atoms with Crippen molar-refractivity contribution in [2.45, 2.75) is 5.16 Å². The van der Waals surface area contributed by atoms with Gasteiger partial charge >= 0.3 is 0 Å². The quantitative estimate of drug-likeness (QED) is 0.655. The minimum atomic E-state index is -3.93. The van der Waals surface area contributed by atoms with Gasteiger partial charge in [0.2, 0.25) is 0 Å². The average molecular weight is 378 g/mol. The molecule has 0 spiro atoms. The Balaban J connectivity index is 2.49. The molecule has 0 atom stereocenters. The molecule has 0 saturated heterocycles. The van der Waals surface area contributed by atoms with Gasteiger partial charge in [0.1, 0.15) is 11.0 Å². The van der Waals surface area contributed by atoms with Crippen LogP contribution >= 0.6 is 27.5 Å². The Bertz CT molecular complexity index is 734. The maximum Gasteiger partial charge on any atom is 0.299 e. The summed E-state index contributed by atoms with van der Waals surface area (Å²) in [4.78, 5) is 7.42. The van der Waals surface area contributed by atoms with E-state index < -0.39 is 15.2 Å². The molecule has 2 rings (SSSR count). The topological polar surface area (TPSA) is 89.2 Å². The van der Waals surface area contributed by atoms with Gasteiger partial charge in [0.15, 0.2) is 0 Å². The molecule has 0 aliphatic rings. The summed E-state index contributed by atoms with van der Waals surface area (Å²) in [5.74, 6) is -0.00813. The zero-order valence-electron chi connectivity index (χ0n) is 10.3. The second-order valence-electron chi connectivity index (χ2n) is 3.85. The molecule has 9 heteroatoms. The molecule has 0 bridgehead atoms. The third-order valence-electron chi connectivity index (χ3n) is 2.46. The molecule has 2 N–H and O–H groups in total. The number of nitrogens with two attached hydrogens (primary N) is 1. The lowest BCUT2D eigenvalue weighted by atomic mass is 10.3. The van der Waals surface area contributed by atoms with E-state index in [0.29, 0.717) is 5.69 Å². The summed E-state index contributed by atoms with van der Waals surface area (Å²) in [6.45, 7) is 0. The van der Waals surface area contributed by atoms with Crippen LogP contribution in [0.4, 0.5) is 11.5 Å². The van der Waals surface area contributed by atoms with Crippen molar-refractivity contribution in [2.24, 2.45) is 0 Å². The molecule has 2 aromatic rings. The molecule has 0 unspecified atom stereocenters. The SMILES string of the molecule is CN(c1cccc(Br)c1)S(=O)(=O)c1nc(N)cc(Cl)n1. The van der Waals surface area contributed by atoms with Gasteiger partial charge in [-0.05, 0) is 18.2 Å². The summed E-state index contributed by atoms with van der Waals surface area (Å²) < 4.78 is 26.7. The van der Waals surface area contributed by atoms with Crippen LogP contribution in [0.2, 0.25) is 5.15 Å². The van der Waals surface area contributed by atoms with Gasteiger partial charge in [0.05, 0.1) is 5.69 Å². The number of hydrogen-bond acceptors (Lipinski definition) is 5. The van der Waals surface area contributed by atoms with E-state index in [1.807, 2.05) is 0 Å². The van der Waals surface area contributed by atoms with Crippen LogP contribution in [0.5, 0.6) is 0 Å². The van der Waals surface area contributed by atoms with Crippen molar-refractivity contribution in [3.63, 3.8) is 0 Å². The zero-order chi connectivity index (χ0) is 14.9. The summed E-state index contributed by atoms with van der Waals surface area (Å²) in [5, 5.41) is -0.469. The number of rotatable bonds is 3. The first-order chi connectivity index (χ1) is 9.30. The zero-order valence-corrected chi connectivity index (χ0v) is 13.4. The van der Waals surface area contributed by atoms with Crippen LogP contribution in [0.25, 0.3) is 0 Å². The maximum absolute atomic E-state index is 12.4. The standard InChI is InChI=1S/C11H10BrClN4O2S/c1-17(8-4-2-3-7(12)5-8)20(18,19)11-15-9(13)6-10(14)16-11/h2-6H,1H3,(H2,14,15,16). The summed E-state index contributed by atoms with van der Waals surface area (Å²) in [5.41, 5.74) is 5.95. The van der Waals surface area contributed by atoms with Gasteiger partial charge in [0, 0.05) is 17.6 Å². The van der Waals surface area contributed by atoms with E-state index in [-0.39, 0.29) is 11.0 Å². The lowest BCUT2D eigenvalue weighted by Gasteiger charge is -2.18. The monoisotopic (exact) mass is 376 g/mol. The number of aromatic nitrogens is 2. The Kier molecular flexibility index (Phi) is 4.17. The third-order valence-corrected chi connectivity index (χ3v) is 4.72. The first kappa shape index (κ1) is 15.0. The lowest BCUT2D eigenvalue weighted by Crippen LogP contribution is -2.28. The van der Waals surface area contributed by atoms with Crippen molar-refractivity contribution in [3.8, 4) is 0 Å². The average Bonchev–Trinajstić information content (AvgIpc) is 2.36. The molecule has 0 saturated carbocycles. The van der Waals surface area contributed by atoms with Crippen LogP contribution in [-0.4, -0.2) is 25.4 Å². The van der Waals surface area contributed by atoms with Gasteiger partial charge in [-0.3, -0.25) is 4.31 Å². The fraction of sp³-hybridized carbons (Fsp3) is 0.0909. The molecule has 0 amide bonds. The van der Waals surface area contributed by atoms with Crippen molar-refractivity contribution in [3.05, 3.63) is 40.0 Å². The molecular formula is C11H10BrClN4O2S. The minimum Gasteiger partial charge on any atom is -0.384 e. The molecule has 1 aromatic heterocycles. The van der Waals surface area contributed by atoms with Gasteiger partial charge in [0.25, 0.3) is 15.2 Å². The highest BCUT2D eigenvalue weighted by Crippen LogP contribution is 2.24. The fourth-order valence-corrected chi connectivity index (χ4v) is 3.16. The van der Waals surface area contributed by atoms with Crippen LogP contribution in [0.1, 0.15) is 0 Å². The summed E-state index contributed by atoms with van der Waals surface area (Å²) in [7, 11) is -2.53. The third kappa shape index (κ3) is 3.02. The van der Waals surface area contributed by atoms with E-state index in [9.17, 15) is 8.42 Å². The normalized spacial score (nSPS) is 11.3. The van der Waals surface area contributed by atoms with Crippen LogP contribution in [0.3, 0.4) is 0 Å². The Hall–Kier alpha value is -1.38. The molecule has 1 heterocycles. The molecule has 0 aliphatic heterocycles. The molecule has 1 aromatic carbocycles. The number of hydrogen-bond donors (Lipinski definition) is 1. The summed E-state index contributed by atoms with van der Waals surface area (Å²) >= 11 is 8.99. The highest BCUT2D eigenvalue weighted by atomic mass is 79.9. The van der Waals surface area contributed by atoms with Gasteiger partial charge in [-0.1, -0.05) is 33.6 Å². The van der Waals surface area contributed by atoms with Crippen molar-refractivity contribution in [1.82, 2.24) is 9.97 Å². The highest BCUT2D eigenvalue weighted by Gasteiger charge is 2.25. The van der Waals surface area contributed by atoms with Crippen LogP contribution in [0, 0.1) is 0 Å². The van der Waals surface area contributed by atoms with Gasteiger partial charge in [-0.2, -0.15) is 13.4 Å². The molecule has 20 heavy (non-hydrogen) atoms. The maximum atomic E-state index is 12.4. The predicted octanol–water partition coefficient (Wildman–Crippen LogP) is 2.30. The Morgan fingerprint density at radius 1 is 1.30 bits per heavy atom. The van der Waals surface area contributed by atoms with E-state index >= 15 is 0 Å². The molecule has 0 aliphatic carbocycles. The molecule has 106 valence electrons. The Morgan fingerprint density at radius 2 is 2.00 bits per heavy atom. The minimum absolute atomic E-state index is 0.00813. The number of nitrogen functional groups attached to an aromatic ring is 1. The second-order valence-corrected chi connectivity index (χ2v) is 7.02. The van der Waals surface area contributed by atoms with Gasteiger partial charge in [-0.15, -0.1) is 0 Å². The summed E-state index contributed by atoms with van der Waals surface area (Å²) in [6, 6.07) is 8.10. The first-order valence-corrected chi connectivity index (χ1v) is 7.96. The second kappa shape index (κ2) is 5.55. The van der Waals surface area contributed by atoms with E-state index in [0.717, 1.165) is 8.78 Å². The summed E-state index contributed by atoms with van der Waals surface area (Å²) in [6.07, 6.45) is 0. The lowest BCUT2D eigenvalue weighted by molar-refractivity contribution is 0.585. The van der Waals surface area contributed by atoms with Crippen molar-refractivity contribution < 1.29 is 8.42 Å². The Morgan fingerprint density at radius 3 is 2.60 bits per heavy atom. The number of halogens is 2.